The van der Waals surface area contributed by atoms with Gasteiger partial charge in [0.2, 0.25) is 5.91 Å². The number of hydrogen-bond donors (Lipinski definition) is 0. The fourth-order valence-electron chi connectivity index (χ4n) is 1.90. The number of carbonyl (C=O) groups excluding carboxylic acids is 2. The van der Waals surface area contributed by atoms with Crippen LogP contribution in [0.2, 0.25) is 0 Å². The molecule has 19 heavy (non-hydrogen) atoms. The summed E-state index contributed by atoms with van der Waals surface area (Å²) >= 11 is 0. The Kier molecular flexibility index (Phi) is 6.06. The summed E-state index contributed by atoms with van der Waals surface area (Å²) in [5.41, 5.74) is 1.17. The van der Waals surface area contributed by atoms with Crippen LogP contribution in [0.4, 0.5) is 0 Å². The van der Waals surface area contributed by atoms with E-state index in [1.54, 1.807) is 11.9 Å². The topological polar surface area (TPSA) is 46.6 Å². The first-order chi connectivity index (χ1) is 9.10. The van der Waals surface area contributed by atoms with Crippen LogP contribution in [0.15, 0.2) is 30.3 Å². The van der Waals surface area contributed by atoms with Gasteiger partial charge >= 0.3 is 5.97 Å². The van der Waals surface area contributed by atoms with Gasteiger partial charge in [-0.05, 0) is 18.4 Å². The van der Waals surface area contributed by atoms with E-state index in [-0.39, 0.29) is 5.91 Å². The van der Waals surface area contributed by atoms with Crippen molar-refractivity contribution in [1.82, 2.24) is 4.90 Å². The van der Waals surface area contributed by atoms with Gasteiger partial charge < -0.3 is 9.64 Å². The second kappa shape index (κ2) is 7.56. The van der Waals surface area contributed by atoms with Crippen LogP contribution in [0.3, 0.4) is 0 Å². The average molecular weight is 263 g/mol. The number of ether oxygens (including phenoxy) is 1. The van der Waals surface area contributed by atoms with E-state index >= 15 is 0 Å². The zero-order valence-corrected chi connectivity index (χ0v) is 11.8. The van der Waals surface area contributed by atoms with E-state index in [0.717, 1.165) is 6.42 Å². The zero-order valence-electron chi connectivity index (χ0n) is 11.8. The third-order valence-corrected chi connectivity index (χ3v) is 3.15. The highest BCUT2D eigenvalue weighted by molar-refractivity contribution is 5.97. The molecular formula is C15H21NO3. The predicted octanol–water partition coefficient (Wildman–Crippen LogP) is 1.89. The molecule has 0 fully saturated rings. The van der Waals surface area contributed by atoms with Crippen LogP contribution in [0.5, 0.6) is 0 Å². The van der Waals surface area contributed by atoms with Gasteiger partial charge in [-0.15, -0.1) is 0 Å². The highest BCUT2D eigenvalue weighted by atomic mass is 16.5. The van der Waals surface area contributed by atoms with Crippen LogP contribution in [-0.4, -0.2) is 37.5 Å². The van der Waals surface area contributed by atoms with Crippen molar-refractivity contribution < 1.29 is 14.3 Å². The molecule has 4 heteroatoms. The number of esters is 1. The Balaban J connectivity index is 2.54. The number of nitrogens with zero attached hydrogens (tertiary/aromatic N) is 1. The summed E-state index contributed by atoms with van der Waals surface area (Å²) in [6, 6.07) is 9.95. The summed E-state index contributed by atoms with van der Waals surface area (Å²) in [5, 5.41) is 0. The van der Waals surface area contributed by atoms with E-state index in [1.165, 1.54) is 12.7 Å². The fraction of sp³-hybridized carbons (Fsp3) is 0.467. The number of methoxy groups -OCH3 is 1. The molecule has 0 aromatic heterocycles. The minimum absolute atomic E-state index is 0.176. The number of hydrogen-bond acceptors (Lipinski definition) is 3. The molecule has 0 aliphatic carbocycles. The summed E-state index contributed by atoms with van der Waals surface area (Å²) in [7, 11) is 3.03. The van der Waals surface area contributed by atoms with Crippen molar-refractivity contribution in [3.8, 4) is 0 Å². The van der Waals surface area contributed by atoms with Gasteiger partial charge in [-0.1, -0.05) is 37.3 Å². The fourth-order valence-corrected chi connectivity index (χ4v) is 1.90. The minimum atomic E-state index is -0.689. The zero-order chi connectivity index (χ0) is 14.3. The third-order valence-electron chi connectivity index (χ3n) is 3.15. The summed E-state index contributed by atoms with van der Waals surface area (Å²) in [4.78, 5) is 25.2. The van der Waals surface area contributed by atoms with Crippen LogP contribution >= 0.6 is 0 Å². The molecule has 0 N–H and O–H groups in total. The molecule has 4 nitrogen and oxygen atoms in total. The first-order valence-corrected chi connectivity index (χ1v) is 6.46. The van der Waals surface area contributed by atoms with Crippen molar-refractivity contribution in [2.24, 2.45) is 5.92 Å². The molecule has 0 bridgehead atoms. The molecule has 1 amide bonds. The lowest BCUT2D eigenvalue weighted by Crippen LogP contribution is -2.38. The first-order valence-electron chi connectivity index (χ1n) is 6.46. The van der Waals surface area contributed by atoms with E-state index in [2.05, 4.69) is 4.74 Å². The lowest BCUT2D eigenvalue weighted by molar-refractivity contribution is -0.153. The molecule has 1 atom stereocenters. The molecule has 1 aromatic carbocycles. The summed E-state index contributed by atoms with van der Waals surface area (Å²) in [6.07, 6.45) is 1.24. The molecular weight excluding hydrogens is 242 g/mol. The number of amides is 1. The van der Waals surface area contributed by atoms with Crippen molar-refractivity contribution in [3.63, 3.8) is 0 Å². The van der Waals surface area contributed by atoms with Gasteiger partial charge in [0.1, 0.15) is 5.92 Å². The van der Waals surface area contributed by atoms with Crippen molar-refractivity contribution in [2.45, 2.75) is 19.8 Å². The highest BCUT2D eigenvalue weighted by Gasteiger charge is 2.28. The van der Waals surface area contributed by atoms with Crippen molar-refractivity contribution in [3.05, 3.63) is 35.9 Å². The van der Waals surface area contributed by atoms with Crippen LogP contribution in [-0.2, 0) is 20.7 Å². The second-order valence-corrected chi connectivity index (χ2v) is 4.48. The lowest BCUT2D eigenvalue weighted by atomic mass is 10.0. The third kappa shape index (κ3) is 4.39. The number of likely N-dealkylation sites (N-methyl/N-ethyl adjacent to an activating group) is 1. The van der Waals surface area contributed by atoms with Crippen LogP contribution in [0.25, 0.3) is 0 Å². The summed E-state index contributed by atoms with van der Waals surface area (Å²) < 4.78 is 4.65. The summed E-state index contributed by atoms with van der Waals surface area (Å²) in [5.74, 6) is -1.32. The molecule has 1 unspecified atom stereocenters. The average Bonchev–Trinajstić information content (AvgIpc) is 2.46. The maximum absolute atomic E-state index is 12.1. The Morgan fingerprint density at radius 1 is 1.26 bits per heavy atom. The Morgan fingerprint density at radius 3 is 2.42 bits per heavy atom. The largest absolute Gasteiger partial charge is 0.468 e. The standard InChI is InChI=1S/C15H21NO3/c1-4-13(15(18)19-3)14(17)16(2)11-10-12-8-6-5-7-9-12/h5-9,13H,4,10-11H2,1-3H3. The maximum atomic E-state index is 12.1. The van der Waals surface area contributed by atoms with E-state index in [0.29, 0.717) is 13.0 Å². The summed E-state index contributed by atoms with van der Waals surface area (Å²) in [6.45, 7) is 2.40. The molecule has 0 aliphatic heterocycles. The normalized spacial score (nSPS) is 11.7. The molecule has 0 radical (unpaired) electrons. The molecule has 1 rings (SSSR count). The molecule has 0 saturated carbocycles. The van der Waals surface area contributed by atoms with E-state index in [9.17, 15) is 9.59 Å². The number of rotatable bonds is 6. The van der Waals surface area contributed by atoms with Crippen LogP contribution in [0, 0.1) is 5.92 Å². The smallest absolute Gasteiger partial charge is 0.318 e. The Bertz CT molecular complexity index is 417. The van der Waals surface area contributed by atoms with E-state index < -0.39 is 11.9 Å². The van der Waals surface area contributed by atoms with Gasteiger partial charge in [0.05, 0.1) is 7.11 Å². The van der Waals surface area contributed by atoms with Gasteiger partial charge in [-0.25, -0.2) is 0 Å². The molecule has 0 saturated heterocycles. The van der Waals surface area contributed by atoms with Gasteiger partial charge in [-0.3, -0.25) is 9.59 Å². The number of carbonyl (C=O) groups is 2. The van der Waals surface area contributed by atoms with Crippen molar-refractivity contribution in [1.29, 1.82) is 0 Å². The molecule has 1 aromatic rings. The maximum Gasteiger partial charge on any atom is 0.318 e. The monoisotopic (exact) mass is 263 g/mol. The molecule has 104 valence electrons. The van der Waals surface area contributed by atoms with Gasteiger partial charge in [0.15, 0.2) is 0 Å². The number of benzene rings is 1. The quantitative estimate of drug-likeness (QED) is 0.581. The Morgan fingerprint density at radius 2 is 1.89 bits per heavy atom. The highest BCUT2D eigenvalue weighted by Crippen LogP contribution is 2.10. The molecule has 0 spiro atoms. The van der Waals surface area contributed by atoms with Crippen molar-refractivity contribution in [2.75, 3.05) is 20.7 Å². The predicted molar refractivity (Wildman–Crippen MR) is 73.6 cm³/mol. The van der Waals surface area contributed by atoms with Gasteiger partial charge in [-0.2, -0.15) is 0 Å². The molecule has 0 heterocycles. The Labute approximate surface area is 114 Å². The van der Waals surface area contributed by atoms with E-state index in [1.807, 2.05) is 37.3 Å². The van der Waals surface area contributed by atoms with Gasteiger partial charge in [0.25, 0.3) is 0 Å². The van der Waals surface area contributed by atoms with E-state index in [4.69, 9.17) is 0 Å². The van der Waals surface area contributed by atoms with Crippen LogP contribution in [0.1, 0.15) is 18.9 Å². The first kappa shape index (κ1) is 15.2. The SMILES string of the molecule is CCC(C(=O)OC)C(=O)N(C)CCc1ccccc1. The van der Waals surface area contributed by atoms with Crippen molar-refractivity contribution >= 4 is 11.9 Å². The van der Waals surface area contributed by atoms with Gasteiger partial charge in [0, 0.05) is 13.6 Å². The van der Waals surface area contributed by atoms with Crippen LogP contribution < -0.4 is 0 Å². The Hall–Kier alpha value is -1.84. The lowest BCUT2D eigenvalue weighted by Gasteiger charge is -2.21. The molecule has 0 aliphatic rings. The minimum Gasteiger partial charge on any atom is -0.468 e. The second-order valence-electron chi connectivity index (χ2n) is 4.48.